The zero-order valence-electron chi connectivity index (χ0n) is 11.9. The molecule has 1 atom stereocenters. The molecule has 1 aliphatic heterocycles. The lowest BCUT2D eigenvalue weighted by atomic mass is 9.93. The highest BCUT2D eigenvalue weighted by atomic mass is 16.1. The number of rotatable bonds is 4. The molecular weight excluding hydrogens is 262 g/mol. The van der Waals surface area contributed by atoms with Gasteiger partial charge in [0.25, 0.3) is 0 Å². The fourth-order valence-electron chi connectivity index (χ4n) is 2.65. The van der Waals surface area contributed by atoms with Crippen LogP contribution in [0.5, 0.6) is 0 Å². The number of nitrogens with one attached hydrogen (secondary N) is 2. The summed E-state index contributed by atoms with van der Waals surface area (Å²) in [4.78, 5) is 16.3. The van der Waals surface area contributed by atoms with Crippen molar-refractivity contribution < 1.29 is 4.79 Å². The molecule has 1 aromatic carbocycles. The van der Waals surface area contributed by atoms with E-state index in [2.05, 4.69) is 27.8 Å². The summed E-state index contributed by atoms with van der Waals surface area (Å²) in [6.45, 7) is 1.36. The third-order valence-electron chi connectivity index (χ3n) is 3.83. The SMILES string of the molecule is O=C(NCCc1cccnc1)C1CNc2ccccc2C1. The van der Waals surface area contributed by atoms with Crippen LogP contribution >= 0.6 is 0 Å². The van der Waals surface area contributed by atoms with Gasteiger partial charge < -0.3 is 10.6 Å². The fraction of sp³-hybridized carbons (Fsp3) is 0.294. The monoisotopic (exact) mass is 281 g/mol. The summed E-state index contributed by atoms with van der Waals surface area (Å²) < 4.78 is 0. The highest BCUT2D eigenvalue weighted by Gasteiger charge is 2.23. The highest BCUT2D eigenvalue weighted by molar-refractivity contribution is 5.80. The van der Waals surface area contributed by atoms with Gasteiger partial charge in [-0.05, 0) is 36.1 Å². The Morgan fingerprint density at radius 2 is 2.19 bits per heavy atom. The number of hydrogen-bond donors (Lipinski definition) is 2. The summed E-state index contributed by atoms with van der Waals surface area (Å²) in [6.07, 6.45) is 5.22. The summed E-state index contributed by atoms with van der Waals surface area (Å²) in [5.74, 6) is 0.134. The van der Waals surface area contributed by atoms with Crippen molar-refractivity contribution in [3.8, 4) is 0 Å². The first-order valence-electron chi connectivity index (χ1n) is 7.31. The van der Waals surface area contributed by atoms with Gasteiger partial charge in [-0.3, -0.25) is 9.78 Å². The van der Waals surface area contributed by atoms with Gasteiger partial charge in [-0.1, -0.05) is 24.3 Å². The second-order valence-electron chi connectivity index (χ2n) is 5.34. The second kappa shape index (κ2) is 6.39. The van der Waals surface area contributed by atoms with E-state index < -0.39 is 0 Å². The van der Waals surface area contributed by atoms with Crippen LogP contribution in [0.15, 0.2) is 48.8 Å². The number of benzene rings is 1. The van der Waals surface area contributed by atoms with Crippen LogP contribution < -0.4 is 10.6 Å². The first kappa shape index (κ1) is 13.6. The average molecular weight is 281 g/mol. The molecule has 0 radical (unpaired) electrons. The van der Waals surface area contributed by atoms with Crippen LogP contribution in [0.4, 0.5) is 5.69 Å². The third-order valence-corrected chi connectivity index (χ3v) is 3.83. The van der Waals surface area contributed by atoms with Crippen LogP contribution in [0.3, 0.4) is 0 Å². The molecule has 2 N–H and O–H groups in total. The van der Waals surface area contributed by atoms with E-state index in [1.165, 1.54) is 5.56 Å². The molecule has 2 heterocycles. The topological polar surface area (TPSA) is 54.0 Å². The van der Waals surface area contributed by atoms with Gasteiger partial charge in [0.05, 0.1) is 5.92 Å². The van der Waals surface area contributed by atoms with Gasteiger partial charge in [0, 0.05) is 31.2 Å². The molecule has 0 fully saturated rings. The summed E-state index contributed by atoms with van der Waals surface area (Å²) in [7, 11) is 0. The van der Waals surface area contributed by atoms with E-state index in [-0.39, 0.29) is 11.8 Å². The number of nitrogens with zero attached hydrogens (tertiary/aromatic N) is 1. The van der Waals surface area contributed by atoms with Crippen LogP contribution in [0.2, 0.25) is 0 Å². The van der Waals surface area contributed by atoms with E-state index in [1.54, 1.807) is 6.20 Å². The van der Waals surface area contributed by atoms with Crippen molar-refractivity contribution in [2.45, 2.75) is 12.8 Å². The molecule has 4 nitrogen and oxygen atoms in total. The predicted octanol–water partition coefficient (Wildman–Crippen LogP) is 2.02. The molecule has 1 aliphatic rings. The maximum absolute atomic E-state index is 12.2. The molecule has 0 saturated carbocycles. The minimum atomic E-state index is 0.00815. The Morgan fingerprint density at radius 3 is 3.05 bits per heavy atom. The quantitative estimate of drug-likeness (QED) is 0.901. The standard InChI is InChI=1S/C17H19N3O/c21-17(19-9-7-13-4-3-8-18-11-13)15-10-14-5-1-2-6-16(14)20-12-15/h1-6,8,11,15,20H,7,9-10,12H2,(H,19,21). The van der Waals surface area contributed by atoms with Crippen molar-refractivity contribution >= 4 is 11.6 Å². The van der Waals surface area contributed by atoms with Gasteiger partial charge in [0.2, 0.25) is 5.91 Å². The van der Waals surface area contributed by atoms with Crippen molar-refractivity contribution in [1.29, 1.82) is 0 Å². The van der Waals surface area contributed by atoms with Crippen LogP contribution in [-0.2, 0) is 17.6 Å². The molecule has 4 heteroatoms. The number of carbonyl (C=O) groups excluding carboxylic acids is 1. The molecule has 108 valence electrons. The Bertz CT molecular complexity index is 612. The van der Waals surface area contributed by atoms with E-state index in [1.807, 2.05) is 30.5 Å². The molecular formula is C17H19N3O. The van der Waals surface area contributed by atoms with E-state index in [4.69, 9.17) is 0 Å². The van der Waals surface area contributed by atoms with Gasteiger partial charge in [0.1, 0.15) is 0 Å². The maximum Gasteiger partial charge on any atom is 0.225 e. The number of amides is 1. The lowest BCUT2D eigenvalue weighted by Gasteiger charge is -2.25. The van der Waals surface area contributed by atoms with Crippen molar-refractivity contribution in [2.24, 2.45) is 5.92 Å². The van der Waals surface area contributed by atoms with Crippen LogP contribution in [0, 0.1) is 5.92 Å². The first-order chi connectivity index (χ1) is 10.3. The van der Waals surface area contributed by atoms with Gasteiger partial charge in [0.15, 0.2) is 0 Å². The van der Waals surface area contributed by atoms with Gasteiger partial charge >= 0.3 is 0 Å². The minimum absolute atomic E-state index is 0.00815. The number of anilines is 1. The molecule has 1 aromatic heterocycles. The van der Waals surface area contributed by atoms with E-state index in [9.17, 15) is 4.79 Å². The van der Waals surface area contributed by atoms with Crippen LogP contribution in [0.25, 0.3) is 0 Å². The van der Waals surface area contributed by atoms with E-state index >= 15 is 0 Å². The van der Waals surface area contributed by atoms with Crippen molar-refractivity contribution in [3.63, 3.8) is 0 Å². The number of para-hydroxylation sites is 1. The van der Waals surface area contributed by atoms with E-state index in [0.29, 0.717) is 13.1 Å². The minimum Gasteiger partial charge on any atom is -0.384 e. The van der Waals surface area contributed by atoms with E-state index in [0.717, 1.165) is 24.1 Å². The van der Waals surface area contributed by atoms with Crippen LogP contribution in [-0.4, -0.2) is 24.0 Å². The van der Waals surface area contributed by atoms with Crippen LogP contribution in [0.1, 0.15) is 11.1 Å². The Hall–Kier alpha value is -2.36. The average Bonchev–Trinajstić information content (AvgIpc) is 2.55. The summed E-state index contributed by atoms with van der Waals surface area (Å²) >= 11 is 0. The summed E-state index contributed by atoms with van der Waals surface area (Å²) in [5.41, 5.74) is 3.51. The zero-order valence-corrected chi connectivity index (χ0v) is 11.9. The molecule has 1 unspecified atom stereocenters. The molecule has 0 aliphatic carbocycles. The molecule has 0 spiro atoms. The summed E-state index contributed by atoms with van der Waals surface area (Å²) in [5, 5.41) is 6.36. The molecule has 3 rings (SSSR count). The number of carbonyl (C=O) groups is 1. The Labute approximate surface area is 124 Å². The van der Waals surface area contributed by atoms with Gasteiger partial charge in [-0.2, -0.15) is 0 Å². The lowest BCUT2D eigenvalue weighted by molar-refractivity contribution is -0.124. The lowest BCUT2D eigenvalue weighted by Crippen LogP contribution is -2.38. The van der Waals surface area contributed by atoms with Crippen molar-refractivity contribution in [3.05, 3.63) is 59.9 Å². The number of pyridine rings is 1. The molecule has 2 aromatic rings. The smallest absolute Gasteiger partial charge is 0.225 e. The Morgan fingerprint density at radius 1 is 1.29 bits per heavy atom. The Kier molecular flexibility index (Phi) is 4.15. The molecule has 0 bridgehead atoms. The fourth-order valence-corrected chi connectivity index (χ4v) is 2.65. The first-order valence-corrected chi connectivity index (χ1v) is 7.31. The van der Waals surface area contributed by atoms with Crippen molar-refractivity contribution in [2.75, 3.05) is 18.4 Å². The number of hydrogen-bond acceptors (Lipinski definition) is 3. The normalized spacial score (nSPS) is 16.7. The number of fused-ring (bicyclic) bond motifs is 1. The molecule has 21 heavy (non-hydrogen) atoms. The third kappa shape index (κ3) is 3.40. The van der Waals surface area contributed by atoms with Gasteiger partial charge in [-0.15, -0.1) is 0 Å². The Balaban J connectivity index is 1.50. The molecule has 1 amide bonds. The summed E-state index contributed by atoms with van der Waals surface area (Å²) in [6, 6.07) is 12.1. The zero-order chi connectivity index (χ0) is 14.5. The number of aromatic nitrogens is 1. The van der Waals surface area contributed by atoms with Crippen molar-refractivity contribution in [1.82, 2.24) is 10.3 Å². The maximum atomic E-state index is 12.2. The van der Waals surface area contributed by atoms with Gasteiger partial charge in [-0.25, -0.2) is 0 Å². The predicted molar refractivity (Wildman–Crippen MR) is 83.1 cm³/mol. The molecule has 0 saturated heterocycles. The largest absolute Gasteiger partial charge is 0.384 e. The highest BCUT2D eigenvalue weighted by Crippen LogP contribution is 2.24. The second-order valence-corrected chi connectivity index (χ2v) is 5.34.